The molecule has 22 heavy (non-hydrogen) atoms. The van der Waals surface area contributed by atoms with Crippen molar-refractivity contribution in [2.45, 2.75) is 83.8 Å². The fourth-order valence-corrected chi connectivity index (χ4v) is 11.4. The molecule has 0 aliphatic heterocycles. The first-order chi connectivity index (χ1) is 10.0. The van der Waals surface area contributed by atoms with Crippen molar-refractivity contribution in [1.82, 2.24) is 0 Å². The minimum atomic E-state index is -2.03. The molecule has 0 bridgehead atoms. The summed E-state index contributed by atoms with van der Waals surface area (Å²) in [5.74, 6) is 0. The lowest BCUT2D eigenvalue weighted by Gasteiger charge is -2.37. The molecule has 3 unspecified atom stereocenters. The quantitative estimate of drug-likeness (QED) is 0.408. The standard InChI is InChI=1S/C15H38O3Si4/c1-11-14(21(8)18-15(4,12-2)19-5)17-22(9,10)13(3)16-20(6)7/h14,20-21H,3,11-12,19H2,1-2,4-10H3. The van der Waals surface area contributed by atoms with Crippen LogP contribution in [0.25, 0.3) is 0 Å². The van der Waals surface area contributed by atoms with Gasteiger partial charge in [-0.2, -0.15) is 0 Å². The normalized spacial score (nSPS) is 18.5. The molecule has 0 aliphatic carbocycles. The van der Waals surface area contributed by atoms with Gasteiger partial charge in [0.05, 0.1) is 20.6 Å². The van der Waals surface area contributed by atoms with Crippen LogP contribution in [0.5, 0.6) is 0 Å². The molecule has 0 saturated heterocycles. The first-order valence-corrected chi connectivity index (χ1v) is 18.8. The molecular weight excluding hydrogens is 341 g/mol. The summed E-state index contributed by atoms with van der Waals surface area (Å²) in [6.45, 7) is 24.2. The molecule has 0 aromatic heterocycles. The highest BCUT2D eigenvalue weighted by atomic mass is 28.4. The van der Waals surface area contributed by atoms with Crippen molar-refractivity contribution in [3.63, 3.8) is 0 Å². The Morgan fingerprint density at radius 2 is 1.82 bits per heavy atom. The minimum absolute atomic E-state index is 0.131. The Kier molecular flexibility index (Phi) is 9.72. The van der Waals surface area contributed by atoms with Crippen LogP contribution in [0.15, 0.2) is 12.0 Å². The summed E-state index contributed by atoms with van der Waals surface area (Å²) >= 11 is 0. The molecule has 0 aromatic rings. The zero-order valence-electron chi connectivity index (χ0n) is 16.3. The van der Waals surface area contributed by atoms with Gasteiger partial charge in [-0.1, -0.05) is 27.0 Å². The molecule has 0 amide bonds. The highest BCUT2D eigenvalue weighted by Crippen LogP contribution is 2.24. The smallest absolute Gasteiger partial charge is 0.254 e. The van der Waals surface area contributed by atoms with E-state index in [1.165, 1.54) is 0 Å². The average molecular weight is 379 g/mol. The second-order valence-corrected chi connectivity index (χ2v) is 17.9. The van der Waals surface area contributed by atoms with Gasteiger partial charge in [0.1, 0.15) is 0 Å². The first-order valence-electron chi connectivity index (χ1n) is 8.73. The third-order valence-corrected chi connectivity index (χ3v) is 13.1. The van der Waals surface area contributed by atoms with Crippen LogP contribution in [0.3, 0.4) is 0 Å². The summed E-state index contributed by atoms with van der Waals surface area (Å²) in [6, 6.07) is 0. The van der Waals surface area contributed by atoms with Crippen LogP contribution in [-0.4, -0.2) is 46.9 Å². The van der Waals surface area contributed by atoms with E-state index in [0.29, 0.717) is 0 Å². The zero-order valence-corrected chi connectivity index (χ0v) is 21.0. The van der Waals surface area contributed by atoms with E-state index in [1.54, 1.807) is 0 Å². The van der Waals surface area contributed by atoms with Crippen LogP contribution < -0.4 is 0 Å². The Morgan fingerprint density at radius 3 is 2.18 bits per heavy atom. The predicted octanol–water partition coefficient (Wildman–Crippen LogP) is 3.29. The summed E-state index contributed by atoms with van der Waals surface area (Å²) in [4.78, 5) is 0. The van der Waals surface area contributed by atoms with E-state index >= 15 is 0 Å². The lowest BCUT2D eigenvalue weighted by Crippen LogP contribution is -2.49. The van der Waals surface area contributed by atoms with E-state index in [1.807, 2.05) is 0 Å². The number of hydrogen-bond donors (Lipinski definition) is 0. The van der Waals surface area contributed by atoms with Crippen LogP contribution in [0.4, 0.5) is 0 Å². The molecule has 0 heterocycles. The number of hydrogen-bond acceptors (Lipinski definition) is 3. The molecule has 132 valence electrons. The zero-order chi connectivity index (χ0) is 17.6. The Morgan fingerprint density at radius 1 is 1.27 bits per heavy atom. The summed E-state index contributed by atoms with van der Waals surface area (Å²) in [7, 11) is -4.72. The predicted molar refractivity (Wildman–Crippen MR) is 109 cm³/mol. The largest absolute Gasteiger partial charge is 0.552 e. The van der Waals surface area contributed by atoms with Crippen molar-refractivity contribution in [2.24, 2.45) is 0 Å². The van der Waals surface area contributed by atoms with Gasteiger partial charge in [-0.3, -0.25) is 0 Å². The van der Waals surface area contributed by atoms with Gasteiger partial charge < -0.3 is 13.3 Å². The first kappa shape index (κ1) is 22.3. The highest BCUT2D eigenvalue weighted by Gasteiger charge is 2.36. The van der Waals surface area contributed by atoms with E-state index in [-0.39, 0.29) is 20.5 Å². The maximum absolute atomic E-state index is 6.54. The van der Waals surface area contributed by atoms with Crippen molar-refractivity contribution in [3.8, 4) is 0 Å². The molecule has 7 heteroatoms. The molecule has 0 radical (unpaired) electrons. The fourth-order valence-electron chi connectivity index (χ4n) is 2.32. The van der Waals surface area contributed by atoms with Gasteiger partial charge in [0.25, 0.3) is 8.32 Å². The van der Waals surface area contributed by atoms with Crippen LogP contribution in [0.2, 0.25) is 39.3 Å². The Labute approximate surface area is 145 Å². The lowest BCUT2D eigenvalue weighted by molar-refractivity contribution is 0.138. The van der Waals surface area contributed by atoms with Crippen molar-refractivity contribution in [2.75, 3.05) is 0 Å². The molecule has 0 N–H and O–H groups in total. The molecule has 0 aliphatic rings. The molecular formula is C15H38O3Si4. The molecule has 0 aromatic carbocycles. The van der Waals surface area contributed by atoms with Crippen LogP contribution in [0, 0.1) is 0 Å². The molecule has 0 saturated carbocycles. The Hall–Kier alpha value is 0.328. The fraction of sp³-hybridized carbons (Fsp3) is 0.867. The van der Waals surface area contributed by atoms with Gasteiger partial charge >= 0.3 is 0 Å². The van der Waals surface area contributed by atoms with Gasteiger partial charge in [0.15, 0.2) is 0 Å². The summed E-state index contributed by atoms with van der Waals surface area (Å²) < 4.78 is 19.0. The van der Waals surface area contributed by atoms with Crippen molar-refractivity contribution < 1.29 is 13.3 Å². The van der Waals surface area contributed by atoms with Crippen LogP contribution >= 0.6 is 0 Å². The Bertz CT molecular complexity index is 344. The van der Waals surface area contributed by atoms with Gasteiger partial charge in [-0.15, -0.1) is 0 Å². The Balaban J connectivity index is 4.86. The molecule has 3 atom stereocenters. The second kappa shape index (κ2) is 9.58. The van der Waals surface area contributed by atoms with E-state index in [4.69, 9.17) is 13.3 Å². The van der Waals surface area contributed by atoms with Crippen LogP contribution in [0.1, 0.15) is 33.6 Å². The molecule has 0 fully saturated rings. The SMILES string of the molecule is C=C(O[SiH](C)C)[Si](C)(C)OC(CC)[SiH](C)OC(C)(CC)[SiH2]C. The molecule has 3 nitrogen and oxygen atoms in total. The third-order valence-electron chi connectivity index (χ3n) is 4.39. The summed E-state index contributed by atoms with van der Waals surface area (Å²) in [5.41, 5.74) is 0.252. The van der Waals surface area contributed by atoms with E-state index in [0.717, 1.165) is 18.2 Å². The summed E-state index contributed by atoms with van der Waals surface area (Å²) in [6.07, 6.45) is 2.13. The van der Waals surface area contributed by atoms with Gasteiger partial charge in [-0.25, -0.2) is 0 Å². The second-order valence-electron chi connectivity index (χ2n) is 7.14. The van der Waals surface area contributed by atoms with Crippen molar-refractivity contribution in [3.05, 3.63) is 12.0 Å². The maximum atomic E-state index is 6.54. The summed E-state index contributed by atoms with van der Waals surface area (Å²) in [5, 5.41) is 1.03. The maximum Gasteiger partial charge on any atom is 0.254 e. The third kappa shape index (κ3) is 7.27. The number of rotatable bonds is 11. The average Bonchev–Trinajstić information content (AvgIpc) is 2.43. The van der Waals surface area contributed by atoms with Crippen molar-refractivity contribution >= 4 is 35.9 Å². The molecule has 0 rings (SSSR count). The van der Waals surface area contributed by atoms with Gasteiger partial charge in [0.2, 0.25) is 18.1 Å². The topological polar surface area (TPSA) is 27.7 Å². The van der Waals surface area contributed by atoms with Crippen LogP contribution in [-0.2, 0) is 13.3 Å². The van der Waals surface area contributed by atoms with Crippen molar-refractivity contribution in [1.29, 1.82) is 0 Å². The monoisotopic (exact) mass is 378 g/mol. The van der Waals surface area contributed by atoms with Gasteiger partial charge in [-0.05, 0) is 52.5 Å². The lowest BCUT2D eigenvalue weighted by atomic mass is 10.3. The highest BCUT2D eigenvalue weighted by molar-refractivity contribution is 6.79. The van der Waals surface area contributed by atoms with E-state index in [2.05, 4.69) is 66.6 Å². The van der Waals surface area contributed by atoms with E-state index in [9.17, 15) is 0 Å². The van der Waals surface area contributed by atoms with E-state index < -0.39 is 26.4 Å². The molecule has 0 spiro atoms. The minimum Gasteiger partial charge on any atom is -0.552 e. The van der Waals surface area contributed by atoms with Gasteiger partial charge in [0, 0.05) is 5.22 Å².